The molecule has 52 heavy (non-hydrogen) atoms. The van der Waals surface area contributed by atoms with Gasteiger partial charge < -0.3 is 20.3 Å². The van der Waals surface area contributed by atoms with E-state index in [1.807, 2.05) is 47.7 Å². The molecule has 2 fully saturated rings. The standard InChI is InChI=1S/C19H21N5O.C10H13N3O2.C9H10N2.CH4/c25-18(24-17(7-12-22-24)15-5-2-1-3-6-15)16-8-13-23(14-9-16)19-20-10-4-11-21-19;14-9(15)8-2-6-13(7-3-8)10-11-4-1-5-12-10;1-2-4-8(5-3-1)9-6-7-10-11-9;/h1-6,10-12,16-17H,7-9,13-14H2;1,4-5,8H,2-3,6-7H2,(H,14,15);1-5,7,9,11H,6H2;1H4. The molecule has 13 heteroatoms. The summed E-state index contributed by atoms with van der Waals surface area (Å²) in [6.45, 7) is 3.05. The molecular weight excluding hydrogens is 656 g/mol. The fraction of sp³-hybridized carbons (Fsp3) is 0.385. The maximum atomic E-state index is 13.0. The second kappa shape index (κ2) is 19.0. The summed E-state index contributed by atoms with van der Waals surface area (Å²) in [6.07, 6.45) is 15.4. The maximum Gasteiger partial charge on any atom is 0.306 e. The molecule has 0 radical (unpaired) electrons. The number of carboxylic acids is 1. The van der Waals surface area contributed by atoms with Gasteiger partial charge in [-0.3, -0.25) is 9.59 Å². The first-order chi connectivity index (χ1) is 25.1. The molecule has 2 unspecified atom stereocenters. The zero-order valence-corrected chi connectivity index (χ0v) is 28.6. The number of nitrogens with zero attached hydrogens (tertiary/aromatic N) is 9. The molecule has 0 bridgehead atoms. The monoisotopic (exact) mass is 704 g/mol. The molecule has 2 N–H and O–H groups in total. The van der Waals surface area contributed by atoms with Crippen LogP contribution in [0.2, 0.25) is 0 Å². The van der Waals surface area contributed by atoms with E-state index < -0.39 is 5.97 Å². The topological polar surface area (TPSA) is 152 Å². The number of aromatic nitrogens is 4. The van der Waals surface area contributed by atoms with E-state index >= 15 is 0 Å². The van der Waals surface area contributed by atoms with E-state index in [0.717, 1.165) is 63.4 Å². The normalized spacial score (nSPS) is 19.7. The lowest BCUT2D eigenvalue weighted by Gasteiger charge is -2.33. The molecule has 8 rings (SSSR count). The van der Waals surface area contributed by atoms with Crippen molar-refractivity contribution in [3.63, 3.8) is 0 Å². The zero-order valence-electron chi connectivity index (χ0n) is 28.6. The molecule has 4 aliphatic rings. The Bertz CT molecular complexity index is 1710. The minimum atomic E-state index is -0.691. The van der Waals surface area contributed by atoms with Gasteiger partial charge in [0.2, 0.25) is 17.8 Å². The van der Waals surface area contributed by atoms with Crippen molar-refractivity contribution in [3.8, 4) is 0 Å². The lowest BCUT2D eigenvalue weighted by molar-refractivity contribution is -0.142. The minimum absolute atomic E-state index is 0. The Kier molecular flexibility index (Phi) is 13.7. The van der Waals surface area contributed by atoms with Crippen LogP contribution < -0.4 is 15.2 Å². The summed E-state index contributed by atoms with van der Waals surface area (Å²) in [5.41, 5.74) is 5.49. The van der Waals surface area contributed by atoms with Crippen molar-refractivity contribution in [1.29, 1.82) is 0 Å². The molecule has 4 aromatic rings. The summed E-state index contributed by atoms with van der Waals surface area (Å²) in [5, 5.41) is 18.9. The Morgan fingerprint density at radius 1 is 0.635 bits per heavy atom. The number of hydrogen-bond donors (Lipinski definition) is 2. The van der Waals surface area contributed by atoms with Crippen molar-refractivity contribution in [2.45, 2.75) is 58.0 Å². The smallest absolute Gasteiger partial charge is 0.306 e. The van der Waals surface area contributed by atoms with E-state index in [1.165, 1.54) is 5.56 Å². The summed E-state index contributed by atoms with van der Waals surface area (Å²) >= 11 is 0. The first kappa shape index (κ1) is 37.5. The minimum Gasteiger partial charge on any atom is -0.481 e. The van der Waals surface area contributed by atoms with Gasteiger partial charge in [0.25, 0.3) is 0 Å². The first-order valence-electron chi connectivity index (χ1n) is 17.6. The van der Waals surface area contributed by atoms with Crippen LogP contribution in [0.15, 0.2) is 108 Å². The average Bonchev–Trinajstić information content (AvgIpc) is 3.94. The number of benzene rings is 2. The first-order valence-corrected chi connectivity index (χ1v) is 17.6. The number of carbonyl (C=O) groups excluding carboxylic acids is 1. The predicted octanol–water partition coefficient (Wildman–Crippen LogP) is 5.77. The SMILES string of the molecule is C.C1=NNC(c2ccccc2)C1.O=C(C1CCN(c2ncccn2)CC1)N1N=CCC1c1ccccc1.O=C(O)C1CCN(c2ncccn2)CC1. The molecular formula is C39H48N10O3. The van der Waals surface area contributed by atoms with E-state index in [2.05, 4.69) is 76.9 Å². The number of carboxylic acid groups (broad SMARTS) is 1. The third-order valence-electron chi connectivity index (χ3n) is 9.46. The largest absolute Gasteiger partial charge is 0.481 e. The van der Waals surface area contributed by atoms with Crippen LogP contribution in [0.4, 0.5) is 11.9 Å². The van der Waals surface area contributed by atoms with E-state index in [0.29, 0.717) is 24.8 Å². The van der Waals surface area contributed by atoms with Gasteiger partial charge >= 0.3 is 5.97 Å². The van der Waals surface area contributed by atoms with E-state index in [1.54, 1.807) is 35.9 Å². The van der Waals surface area contributed by atoms with Gasteiger partial charge in [0, 0.05) is 82.2 Å². The Morgan fingerprint density at radius 3 is 1.62 bits per heavy atom. The van der Waals surface area contributed by atoms with E-state index in [9.17, 15) is 9.59 Å². The quantitative estimate of drug-likeness (QED) is 0.253. The number of hydrogen-bond acceptors (Lipinski definition) is 11. The molecule has 0 saturated carbocycles. The van der Waals surface area contributed by atoms with Crippen LogP contribution in [-0.4, -0.2) is 80.5 Å². The molecule has 2 aromatic carbocycles. The van der Waals surface area contributed by atoms with Crippen molar-refractivity contribution < 1.29 is 14.7 Å². The Morgan fingerprint density at radius 2 is 1.13 bits per heavy atom. The molecule has 1 amide bonds. The molecule has 2 atom stereocenters. The highest BCUT2D eigenvalue weighted by Crippen LogP contribution is 2.32. The molecule has 4 aliphatic heterocycles. The Labute approximate surface area is 305 Å². The Balaban J connectivity index is 0.000000164. The van der Waals surface area contributed by atoms with Crippen molar-refractivity contribution >= 4 is 36.2 Å². The summed E-state index contributed by atoms with van der Waals surface area (Å²) in [4.78, 5) is 44.8. The number of carbonyl (C=O) groups is 2. The second-order valence-electron chi connectivity index (χ2n) is 12.7. The van der Waals surface area contributed by atoms with Crippen LogP contribution in [0.25, 0.3) is 0 Å². The fourth-order valence-electron chi connectivity index (χ4n) is 6.58. The van der Waals surface area contributed by atoms with Gasteiger partial charge in [-0.1, -0.05) is 68.1 Å². The highest BCUT2D eigenvalue weighted by molar-refractivity contribution is 5.82. The number of anilines is 2. The number of hydrazone groups is 2. The molecule has 0 spiro atoms. The predicted molar refractivity (Wildman–Crippen MR) is 203 cm³/mol. The van der Waals surface area contributed by atoms with Crippen LogP contribution in [0.1, 0.15) is 69.2 Å². The summed E-state index contributed by atoms with van der Waals surface area (Å²) < 4.78 is 0. The number of aliphatic carboxylic acids is 1. The maximum absolute atomic E-state index is 13.0. The van der Waals surface area contributed by atoms with E-state index in [-0.39, 0.29) is 31.2 Å². The molecule has 6 heterocycles. The molecule has 2 saturated heterocycles. The number of amides is 1. The van der Waals surface area contributed by atoms with Gasteiger partial charge in [-0.15, -0.1) is 0 Å². The van der Waals surface area contributed by atoms with Crippen LogP contribution >= 0.6 is 0 Å². The molecule has 0 aliphatic carbocycles. The number of nitrogens with one attached hydrogen (secondary N) is 1. The van der Waals surface area contributed by atoms with Gasteiger partial charge in [0.05, 0.1) is 18.0 Å². The second-order valence-corrected chi connectivity index (χ2v) is 12.7. The van der Waals surface area contributed by atoms with Crippen molar-refractivity contribution in [1.82, 2.24) is 30.4 Å². The van der Waals surface area contributed by atoms with Gasteiger partial charge in [0.15, 0.2) is 0 Å². The van der Waals surface area contributed by atoms with Crippen LogP contribution in [-0.2, 0) is 9.59 Å². The van der Waals surface area contributed by atoms with Gasteiger partial charge in [-0.2, -0.15) is 10.2 Å². The van der Waals surface area contributed by atoms with Crippen LogP contribution in [0, 0.1) is 11.8 Å². The summed E-state index contributed by atoms with van der Waals surface area (Å²) in [6, 6.07) is 24.5. The summed E-state index contributed by atoms with van der Waals surface area (Å²) in [5.74, 6) is 0.697. The van der Waals surface area contributed by atoms with Gasteiger partial charge in [-0.05, 0) is 48.9 Å². The highest BCUT2D eigenvalue weighted by Gasteiger charge is 2.35. The number of rotatable bonds is 6. The zero-order chi connectivity index (χ0) is 35.3. The molecule has 13 nitrogen and oxygen atoms in total. The molecule has 272 valence electrons. The number of piperidine rings is 2. The van der Waals surface area contributed by atoms with Crippen molar-refractivity contribution in [2.75, 3.05) is 36.0 Å². The van der Waals surface area contributed by atoms with Crippen molar-refractivity contribution in [2.24, 2.45) is 22.0 Å². The highest BCUT2D eigenvalue weighted by atomic mass is 16.4. The van der Waals surface area contributed by atoms with Crippen LogP contribution in [0.3, 0.4) is 0 Å². The van der Waals surface area contributed by atoms with Crippen molar-refractivity contribution in [3.05, 3.63) is 109 Å². The van der Waals surface area contributed by atoms with Gasteiger partial charge in [0.1, 0.15) is 0 Å². The lowest BCUT2D eigenvalue weighted by Crippen LogP contribution is -2.41. The van der Waals surface area contributed by atoms with Gasteiger partial charge in [-0.25, -0.2) is 24.9 Å². The summed E-state index contributed by atoms with van der Waals surface area (Å²) in [7, 11) is 0. The average molecular weight is 705 g/mol. The fourth-order valence-corrected chi connectivity index (χ4v) is 6.58. The lowest BCUT2D eigenvalue weighted by atomic mass is 9.94. The molecule has 2 aromatic heterocycles. The van der Waals surface area contributed by atoms with E-state index in [4.69, 9.17) is 5.11 Å². The Hall–Kier alpha value is -5.72. The third kappa shape index (κ3) is 9.95. The van der Waals surface area contributed by atoms with Crippen LogP contribution in [0.5, 0.6) is 0 Å². The third-order valence-corrected chi connectivity index (χ3v) is 9.46.